The fourth-order valence-electron chi connectivity index (χ4n) is 2.81. The minimum Gasteiger partial charge on any atom is -0.457 e. The fourth-order valence-corrected chi connectivity index (χ4v) is 2.81. The molecular formula is C20H20N4O4. The fraction of sp³-hybridized carbons (Fsp3) is 0.200. The van der Waals surface area contributed by atoms with E-state index in [0.29, 0.717) is 5.75 Å². The highest BCUT2D eigenvalue weighted by atomic mass is 16.6. The summed E-state index contributed by atoms with van der Waals surface area (Å²) in [5.74, 6) is 0.481. The number of ether oxygens (including phenoxy) is 1. The van der Waals surface area contributed by atoms with Crippen LogP contribution >= 0.6 is 0 Å². The first-order valence-electron chi connectivity index (χ1n) is 8.65. The minimum atomic E-state index is -0.528. The summed E-state index contributed by atoms with van der Waals surface area (Å²) in [6.45, 7) is 5.63. The highest BCUT2D eigenvalue weighted by molar-refractivity contribution is 5.91. The van der Waals surface area contributed by atoms with Crippen LogP contribution in [0.15, 0.2) is 48.5 Å². The molecule has 0 aliphatic carbocycles. The largest absolute Gasteiger partial charge is 0.457 e. The van der Waals surface area contributed by atoms with Gasteiger partial charge in [0.2, 0.25) is 5.91 Å². The Hall–Kier alpha value is -3.68. The summed E-state index contributed by atoms with van der Waals surface area (Å²) in [5.41, 5.74) is 2.78. The maximum absolute atomic E-state index is 12.4. The zero-order valence-electron chi connectivity index (χ0n) is 15.8. The lowest BCUT2D eigenvalue weighted by atomic mass is 10.2. The summed E-state index contributed by atoms with van der Waals surface area (Å²) >= 11 is 0. The standard InChI is InChI=1S/C20H20N4O4/c1-13-5-4-6-18(7-13)28-19-10-16(9-17(11-19)24(26)27)21-20(25)12-23-15(3)8-14(2)22-23/h4-11H,12H2,1-3H3,(H,21,25). The second kappa shape index (κ2) is 7.91. The van der Waals surface area contributed by atoms with Gasteiger partial charge in [-0.05, 0) is 44.5 Å². The molecular weight excluding hydrogens is 360 g/mol. The molecule has 3 rings (SSSR count). The number of hydrogen-bond acceptors (Lipinski definition) is 5. The molecule has 0 saturated heterocycles. The van der Waals surface area contributed by atoms with Gasteiger partial charge in [0.05, 0.1) is 22.4 Å². The van der Waals surface area contributed by atoms with E-state index in [0.717, 1.165) is 17.0 Å². The first-order valence-corrected chi connectivity index (χ1v) is 8.65. The van der Waals surface area contributed by atoms with Crippen LogP contribution in [0, 0.1) is 30.9 Å². The van der Waals surface area contributed by atoms with E-state index in [1.54, 1.807) is 16.8 Å². The van der Waals surface area contributed by atoms with Gasteiger partial charge in [-0.2, -0.15) is 5.10 Å². The van der Waals surface area contributed by atoms with E-state index in [1.807, 2.05) is 45.0 Å². The van der Waals surface area contributed by atoms with Crippen LogP contribution < -0.4 is 10.1 Å². The smallest absolute Gasteiger partial charge is 0.275 e. The van der Waals surface area contributed by atoms with Gasteiger partial charge in [-0.1, -0.05) is 12.1 Å². The molecule has 0 bridgehead atoms. The number of anilines is 1. The molecule has 0 radical (unpaired) electrons. The molecule has 28 heavy (non-hydrogen) atoms. The predicted octanol–water partition coefficient (Wildman–Crippen LogP) is 4.15. The van der Waals surface area contributed by atoms with Crippen molar-refractivity contribution in [2.45, 2.75) is 27.3 Å². The lowest BCUT2D eigenvalue weighted by Gasteiger charge is -2.10. The van der Waals surface area contributed by atoms with E-state index < -0.39 is 4.92 Å². The van der Waals surface area contributed by atoms with Crippen LogP contribution in [-0.2, 0) is 11.3 Å². The zero-order chi connectivity index (χ0) is 20.3. The van der Waals surface area contributed by atoms with Crippen molar-refractivity contribution in [3.8, 4) is 11.5 Å². The normalized spacial score (nSPS) is 10.5. The molecule has 2 aromatic carbocycles. The second-order valence-electron chi connectivity index (χ2n) is 6.52. The summed E-state index contributed by atoms with van der Waals surface area (Å²) in [4.78, 5) is 23.1. The molecule has 1 aromatic heterocycles. The maximum Gasteiger partial charge on any atom is 0.275 e. The van der Waals surface area contributed by atoms with Crippen LogP contribution in [0.25, 0.3) is 0 Å². The van der Waals surface area contributed by atoms with Gasteiger partial charge < -0.3 is 10.1 Å². The number of nitro groups is 1. The quantitative estimate of drug-likeness (QED) is 0.512. The number of aromatic nitrogens is 2. The summed E-state index contributed by atoms with van der Waals surface area (Å²) in [6, 6.07) is 13.4. The lowest BCUT2D eigenvalue weighted by molar-refractivity contribution is -0.384. The number of rotatable bonds is 6. The molecule has 0 fully saturated rings. The second-order valence-corrected chi connectivity index (χ2v) is 6.52. The molecule has 8 heteroatoms. The first-order chi connectivity index (χ1) is 13.3. The number of non-ortho nitro benzene ring substituents is 1. The lowest BCUT2D eigenvalue weighted by Crippen LogP contribution is -2.20. The van der Waals surface area contributed by atoms with Crippen LogP contribution in [0.5, 0.6) is 11.5 Å². The van der Waals surface area contributed by atoms with Crippen molar-refractivity contribution < 1.29 is 14.5 Å². The third kappa shape index (κ3) is 4.73. The van der Waals surface area contributed by atoms with Crippen LogP contribution in [0.3, 0.4) is 0 Å². The van der Waals surface area contributed by atoms with Gasteiger partial charge in [0, 0.05) is 17.8 Å². The maximum atomic E-state index is 12.4. The topological polar surface area (TPSA) is 99.3 Å². The third-order valence-electron chi connectivity index (χ3n) is 4.01. The van der Waals surface area contributed by atoms with Gasteiger partial charge in [-0.3, -0.25) is 19.6 Å². The number of nitrogens with one attached hydrogen (secondary N) is 1. The first kappa shape index (κ1) is 19.1. The summed E-state index contributed by atoms with van der Waals surface area (Å²) in [5, 5.41) is 18.2. The Morgan fingerprint density at radius 2 is 1.93 bits per heavy atom. The Kier molecular flexibility index (Phi) is 5.39. The molecule has 1 amide bonds. The van der Waals surface area contributed by atoms with Crippen molar-refractivity contribution >= 4 is 17.3 Å². The Morgan fingerprint density at radius 1 is 1.14 bits per heavy atom. The zero-order valence-corrected chi connectivity index (χ0v) is 15.8. The average molecular weight is 380 g/mol. The number of carbonyl (C=O) groups excluding carboxylic acids is 1. The third-order valence-corrected chi connectivity index (χ3v) is 4.01. The van der Waals surface area contributed by atoms with E-state index in [1.165, 1.54) is 12.1 Å². The van der Waals surface area contributed by atoms with Crippen molar-refractivity contribution in [1.82, 2.24) is 9.78 Å². The van der Waals surface area contributed by atoms with Gasteiger partial charge in [-0.15, -0.1) is 0 Å². The molecule has 0 aliphatic rings. The number of carbonyl (C=O) groups is 1. The molecule has 0 aliphatic heterocycles. The molecule has 8 nitrogen and oxygen atoms in total. The SMILES string of the molecule is Cc1cccc(Oc2cc(NC(=O)Cn3nc(C)cc3C)cc([N+](=O)[O-])c2)c1. The van der Waals surface area contributed by atoms with Gasteiger partial charge in [-0.25, -0.2) is 0 Å². The van der Waals surface area contributed by atoms with Gasteiger partial charge in [0.25, 0.3) is 5.69 Å². The van der Waals surface area contributed by atoms with E-state index in [9.17, 15) is 14.9 Å². The summed E-state index contributed by atoms with van der Waals surface area (Å²) < 4.78 is 7.32. The average Bonchev–Trinajstić information content (AvgIpc) is 2.91. The number of nitrogens with zero attached hydrogens (tertiary/aromatic N) is 3. The number of amides is 1. The van der Waals surface area contributed by atoms with E-state index in [4.69, 9.17) is 4.74 Å². The Morgan fingerprint density at radius 3 is 2.57 bits per heavy atom. The number of benzene rings is 2. The highest BCUT2D eigenvalue weighted by Gasteiger charge is 2.14. The predicted molar refractivity (Wildman–Crippen MR) is 105 cm³/mol. The molecule has 3 aromatic rings. The highest BCUT2D eigenvalue weighted by Crippen LogP contribution is 2.30. The van der Waals surface area contributed by atoms with Crippen LogP contribution in [0.2, 0.25) is 0 Å². The van der Waals surface area contributed by atoms with E-state index in [-0.39, 0.29) is 29.6 Å². The van der Waals surface area contributed by atoms with Crippen molar-refractivity contribution in [3.05, 3.63) is 75.6 Å². The van der Waals surface area contributed by atoms with Crippen molar-refractivity contribution in [1.29, 1.82) is 0 Å². The van der Waals surface area contributed by atoms with E-state index >= 15 is 0 Å². The molecule has 1 heterocycles. The number of aryl methyl sites for hydroxylation is 3. The molecule has 0 spiro atoms. The Bertz CT molecular complexity index is 1040. The van der Waals surface area contributed by atoms with Gasteiger partial charge in [0.15, 0.2) is 0 Å². The molecule has 144 valence electrons. The number of nitro benzene ring substituents is 1. The van der Waals surface area contributed by atoms with Crippen molar-refractivity contribution in [2.75, 3.05) is 5.32 Å². The molecule has 1 N–H and O–H groups in total. The monoisotopic (exact) mass is 380 g/mol. The minimum absolute atomic E-state index is 0.0104. The summed E-state index contributed by atoms with van der Waals surface area (Å²) in [6.07, 6.45) is 0. The Labute approximate surface area is 161 Å². The molecule has 0 atom stereocenters. The van der Waals surface area contributed by atoms with Gasteiger partial charge in [0.1, 0.15) is 18.0 Å². The van der Waals surface area contributed by atoms with Crippen molar-refractivity contribution in [3.63, 3.8) is 0 Å². The molecule has 0 saturated carbocycles. The van der Waals surface area contributed by atoms with Gasteiger partial charge >= 0.3 is 0 Å². The van der Waals surface area contributed by atoms with Crippen LogP contribution in [0.4, 0.5) is 11.4 Å². The van der Waals surface area contributed by atoms with Crippen molar-refractivity contribution in [2.24, 2.45) is 0 Å². The molecule has 0 unspecified atom stereocenters. The van der Waals surface area contributed by atoms with E-state index in [2.05, 4.69) is 10.4 Å². The van der Waals surface area contributed by atoms with Crippen LogP contribution in [0.1, 0.15) is 17.0 Å². The number of hydrogen-bond donors (Lipinski definition) is 1. The summed E-state index contributed by atoms with van der Waals surface area (Å²) in [7, 11) is 0. The Balaban J connectivity index is 1.81. The van der Waals surface area contributed by atoms with Crippen LogP contribution in [-0.4, -0.2) is 20.6 Å².